The van der Waals surface area contributed by atoms with Crippen molar-refractivity contribution >= 4 is 7.60 Å². The van der Waals surface area contributed by atoms with Crippen LogP contribution in [-0.4, -0.2) is 78.3 Å². The summed E-state index contributed by atoms with van der Waals surface area (Å²) in [7, 11) is -6.01. The zero-order valence-corrected chi connectivity index (χ0v) is 20.1. The zero-order valence-electron chi connectivity index (χ0n) is 19.2. The third-order valence-electron chi connectivity index (χ3n) is 5.00. The van der Waals surface area contributed by atoms with Gasteiger partial charge in [0.25, 0.3) is 0 Å². The molecule has 232 valence electrons. The summed E-state index contributed by atoms with van der Waals surface area (Å²) in [5, 5.41) is 0. The number of quaternary nitrogens is 1. The van der Waals surface area contributed by atoms with E-state index in [1.165, 1.54) is 19.6 Å². The van der Waals surface area contributed by atoms with E-state index >= 15 is 0 Å². The smallest absolute Gasteiger partial charge is 0.460 e. The quantitative estimate of drug-likeness (QED) is 0.240. The van der Waals surface area contributed by atoms with Gasteiger partial charge in [-0.2, -0.15) is 74.6 Å². The minimum atomic E-state index is -8.74. The SMILES string of the molecule is CC[NH+](CC)CC.O=P([O-])(O)CCC(F)(F)C(F)(F)C(F)(F)C(F)(F)C(F)(F)C(F)(F)C(F)(F)C(F)(F)F. The standard InChI is InChI=1S/C10H6F17O3P.C6H15N/c11-3(12,1-2-31(28,29)30)4(13,14)5(15,16)6(17,18)7(19,20)8(21,22)9(23,24)10(25,26)27;1-4-7(5-2)6-3/h1-2H2,(H2,28,29,30);4-6H2,1-3H3. The molecule has 0 bridgehead atoms. The molecule has 0 fully saturated rings. The van der Waals surface area contributed by atoms with Crippen LogP contribution in [0.1, 0.15) is 27.2 Å². The Morgan fingerprint density at radius 3 is 1.05 bits per heavy atom. The highest BCUT2D eigenvalue weighted by Gasteiger charge is 2.95. The maximum absolute atomic E-state index is 13.3. The normalized spacial score (nSPS) is 16.7. The summed E-state index contributed by atoms with van der Waals surface area (Å²) < 4.78 is 229. The van der Waals surface area contributed by atoms with Crippen LogP contribution < -0.4 is 9.79 Å². The van der Waals surface area contributed by atoms with Crippen LogP contribution in [0.2, 0.25) is 0 Å². The molecule has 0 aromatic rings. The predicted molar refractivity (Wildman–Crippen MR) is 92.6 cm³/mol. The lowest BCUT2D eigenvalue weighted by Gasteiger charge is -2.43. The molecule has 0 aliphatic heterocycles. The van der Waals surface area contributed by atoms with Crippen LogP contribution in [0.5, 0.6) is 0 Å². The van der Waals surface area contributed by atoms with E-state index in [2.05, 4.69) is 20.8 Å². The van der Waals surface area contributed by atoms with Crippen molar-refractivity contribution in [1.82, 2.24) is 0 Å². The van der Waals surface area contributed by atoms with E-state index in [-0.39, 0.29) is 0 Å². The van der Waals surface area contributed by atoms with Gasteiger partial charge in [-0.3, -0.25) is 0 Å². The second-order valence-corrected chi connectivity index (χ2v) is 9.29. The summed E-state index contributed by atoms with van der Waals surface area (Å²) in [4.78, 5) is 20.0. The number of hydrogen-bond donors (Lipinski definition) is 2. The van der Waals surface area contributed by atoms with Crippen LogP contribution in [0.25, 0.3) is 0 Å². The van der Waals surface area contributed by atoms with Gasteiger partial charge in [-0.25, -0.2) is 0 Å². The van der Waals surface area contributed by atoms with Crippen molar-refractivity contribution in [2.45, 2.75) is 74.8 Å². The highest BCUT2D eigenvalue weighted by Crippen LogP contribution is 2.64. The van der Waals surface area contributed by atoms with Crippen LogP contribution in [0.3, 0.4) is 0 Å². The highest BCUT2D eigenvalue weighted by molar-refractivity contribution is 7.50. The second-order valence-electron chi connectivity index (χ2n) is 7.57. The lowest BCUT2D eigenvalue weighted by atomic mass is 9.88. The van der Waals surface area contributed by atoms with E-state index in [1.54, 1.807) is 4.90 Å². The molecule has 22 heteroatoms. The molecule has 0 spiro atoms. The molecule has 0 amide bonds. The van der Waals surface area contributed by atoms with Gasteiger partial charge >= 0.3 is 47.6 Å². The summed E-state index contributed by atoms with van der Waals surface area (Å²) in [6.45, 7) is 10.5. The fraction of sp³-hybridized carbons (Fsp3) is 1.00. The average Bonchev–Trinajstić information content (AvgIpc) is 2.72. The molecule has 2 N–H and O–H groups in total. The van der Waals surface area contributed by atoms with Crippen molar-refractivity contribution < 1.29 is 93.9 Å². The first kappa shape index (κ1) is 39.1. The molecule has 0 saturated heterocycles. The van der Waals surface area contributed by atoms with Crippen LogP contribution in [0.4, 0.5) is 74.6 Å². The molecule has 0 aliphatic rings. The monoisotopic (exact) mass is 629 g/mol. The Labute approximate surface area is 203 Å². The van der Waals surface area contributed by atoms with Crippen molar-refractivity contribution in [3.8, 4) is 0 Å². The second kappa shape index (κ2) is 11.8. The predicted octanol–water partition coefficient (Wildman–Crippen LogP) is 4.86. The van der Waals surface area contributed by atoms with Crippen molar-refractivity contribution in [3.63, 3.8) is 0 Å². The lowest BCUT2D eigenvalue weighted by molar-refractivity contribution is -0.894. The minimum absolute atomic E-state index is 1.27. The molecule has 0 aromatic carbocycles. The average molecular weight is 629 g/mol. The van der Waals surface area contributed by atoms with Crippen LogP contribution in [-0.2, 0) is 4.57 Å². The molecule has 0 heterocycles. The molecule has 1 atom stereocenters. The Bertz CT molecular complexity index is 800. The first-order chi connectivity index (χ1) is 16.3. The molecule has 1 unspecified atom stereocenters. The summed E-state index contributed by atoms with van der Waals surface area (Å²) >= 11 is 0. The molecule has 4 nitrogen and oxygen atoms in total. The molecule has 0 aliphatic carbocycles. The number of rotatable bonds is 12. The van der Waals surface area contributed by atoms with Crippen molar-refractivity contribution in [2.24, 2.45) is 0 Å². The molecule has 0 aromatic heterocycles. The maximum atomic E-state index is 13.3. The van der Waals surface area contributed by atoms with Gasteiger partial charge in [0.2, 0.25) is 0 Å². The van der Waals surface area contributed by atoms with Crippen LogP contribution >= 0.6 is 7.60 Å². The van der Waals surface area contributed by atoms with Gasteiger partial charge in [0.05, 0.1) is 19.6 Å². The van der Waals surface area contributed by atoms with Gasteiger partial charge < -0.3 is 19.3 Å². The molecular formula is C16H21F17NO3P. The van der Waals surface area contributed by atoms with Gasteiger partial charge in [-0.1, -0.05) is 0 Å². The third kappa shape index (κ3) is 7.16. The molecule has 0 saturated carbocycles. The first-order valence-corrected chi connectivity index (χ1v) is 11.6. The molecule has 38 heavy (non-hydrogen) atoms. The molecular weight excluding hydrogens is 608 g/mol. The Morgan fingerprint density at radius 1 is 0.579 bits per heavy atom. The van der Waals surface area contributed by atoms with Gasteiger partial charge in [0.15, 0.2) is 0 Å². The van der Waals surface area contributed by atoms with E-state index in [9.17, 15) is 84.1 Å². The summed E-state index contributed by atoms with van der Waals surface area (Å²) in [5.74, 6) is -57.6. The number of hydrogen-bond acceptors (Lipinski definition) is 2. The minimum Gasteiger partial charge on any atom is -0.779 e. The van der Waals surface area contributed by atoms with Crippen LogP contribution in [0, 0.1) is 0 Å². The third-order valence-corrected chi connectivity index (χ3v) is 5.78. The van der Waals surface area contributed by atoms with E-state index in [4.69, 9.17) is 4.89 Å². The van der Waals surface area contributed by atoms with Gasteiger partial charge in [0, 0.05) is 12.6 Å². The zero-order chi connectivity index (χ0) is 31.6. The van der Waals surface area contributed by atoms with Crippen molar-refractivity contribution in [2.75, 3.05) is 25.8 Å². The Balaban J connectivity index is 0. The van der Waals surface area contributed by atoms with E-state index in [0.29, 0.717) is 0 Å². The summed E-state index contributed by atoms with van der Waals surface area (Å²) in [5.41, 5.74) is 0. The Morgan fingerprint density at radius 2 is 0.842 bits per heavy atom. The van der Waals surface area contributed by atoms with E-state index in [0.717, 1.165) is 0 Å². The van der Waals surface area contributed by atoms with Crippen molar-refractivity contribution in [3.05, 3.63) is 0 Å². The first-order valence-electron chi connectivity index (χ1n) is 9.88. The molecule has 0 rings (SSSR count). The topological polar surface area (TPSA) is 64.8 Å². The fourth-order valence-electron chi connectivity index (χ4n) is 2.39. The highest BCUT2D eigenvalue weighted by atomic mass is 31.2. The largest absolute Gasteiger partial charge is 0.779 e. The van der Waals surface area contributed by atoms with Gasteiger partial charge in [-0.05, 0) is 20.8 Å². The van der Waals surface area contributed by atoms with Crippen molar-refractivity contribution in [1.29, 1.82) is 0 Å². The van der Waals surface area contributed by atoms with E-state index in [1.807, 2.05) is 0 Å². The Hall–Kier alpha value is -1.08. The van der Waals surface area contributed by atoms with E-state index < -0.39 is 67.8 Å². The maximum Gasteiger partial charge on any atom is 0.460 e. The lowest BCUT2D eigenvalue weighted by Crippen LogP contribution is -3.11. The fourth-order valence-corrected chi connectivity index (χ4v) is 2.95. The van der Waals surface area contributed by atoms with Gasteiger partial charge in [0.1, 0.15) is 7.60 Å². The summed E-state index contributed by atoms with van der Waals surface area (Å²) in [6, 6.07) is 0. The van der Waals surface area contributed by atoms with Crippen LogP contribution in [0.15, 0.2) is 0 Å². The van der Waals surface area contributed by atoms with Gasteiger partial charge in [-0.15, -0.1) is 0 Å². The summed E-state index contributed by atoms with van der Waals surface area (Å²) in [6.07, 6.45) is -13.6. The Kier molecular flexibility index (Phi) is 12.1. The molecule has 0 radical (unpaired) electrons. The number of alkyl halides is 17. The number of nitrogens with one attached hydrogen (secondary N) is 1. The number of halogens is 17.